The first kappa shape index (κ1) is 30.1. The zero-order valence-corrected chi connectivity index (χ0v) is 27.5. The SMILES string of the molecule is O=P(c1ccccc1)(c1ccccc1)c1ccc2c(c1)nc(-c1ccccc1)c1c(F)c3c(c(-c4ccccc4)nc4ccccc43)c(F)c12. The lowest BCUT2D eigenvalue weighted by Gasteiger charge is -2.21. The fourth-order valence-corrected chi connectivity index (χ4v) is 9.79. The molecular weight excluding hydrogens is 641 g/mol. The predicted molar refractivity (Wildman–Crippen MR) is 202 cm³/mol. The Labute approximate surface area is 286 Å². The first-order chi connectivity index (χ1) is 24.5. The molecule has 0 aliphatic heterocycles. The number of halogens is 2. The number of pyridine rings is 2. The van der Waals surface area contributed by atoms with E-state index in [9.17, 15) is 0 Å². The molecule has 0 bridgehead atoms. The Kier molecular flexibility index (Phi) is 7.12. The summed E-state index contributed by atoms with van der Waals surface area (Å²) in [6.45, 7) is 0. The van der Waals surface area contributed by atoms with Gasteiger partial charge in [0.25, 0.3) is 0 Å². The van der Waals surface area contributed by atoms with Crippen molar-refractivity contribution in [3.8, 4) is 22.5 Å². The quantitative estimate of drug-likeness (QED) is 0.104. The number of para-hydroxylation sites is 1. The number of hydrogen-bond acceptors (Lipinski definition) is 3. The van der Waals surface area contributed by atoms with E-state index in [4.69, 9.17) is 9.97 Å². The van der Waals surface area contributed by atoms with Crippen LogP contribution in [0.3, 0.4) is 0 Å². The molecule has 0 unspecified atom stereocenters. The molecular formula is C44H27F2N2OP. The monoisotopic (exact) mass is 668 g/mol. The molecule has 2 aromatic heterocycles. The van der Waals surface area contributed by atoms with E-state index in [1.54, 1.807) is 24.3 Å². The van der Waals surface area contributed by atoms with E-state index in [0.717, 1.165) is 0 Å². The number of hydrogen-bond donors (Lipinski definition) is 0. The van der Waals surface area contributed by atoms with Crippen LogP contribution in [-0.4, -0.2) is 9.97 Å². The van der Waals surface area contributed by atoms with Crippen molar-refractivity contribution in [3.63, 3.8) is 0 Å². The fraction of sp³-hybridized carbons (Fsp3) is 0. The molecule has 0 radical (unpaired) electrons. The van der Waals surface area contributed by atoms with Crippen molar-refractivity contribution in [1.82, 2.24) is 9.97 Å². The number of rotatable bonds is 5. The second-order valence-corrected chi connectivity index (χ2v) is 15.0. The van der Waals surface area contributed by atoms with Gasteiger partial charge in [0.1, 0.15) is 11.6 Å². The van der Waals surface area contributed by atoms with Crippen molar-refractivity contribution in [2.24, 2.45) is 0 Å². The maximum atomic E-state index is 17.7. The van der Waals surface area contributed by atoms with E-state index in [-0.39, 0.29) is 21.5 Å². The molecule has 0 amide bonds. The van der Waals surface area contributed by atoms with Crippen molar-refractivity contribution in [2.75, 3.05) is 0 Å². The molecule has 6 heteroatoms. The molecule has 0 N–H and O–H groups in total. The lowest BCUT2D eigenvalue weighted by Crippen LogP contribution is -2.25. The van der Waals surface area contributed by atoms with Gasteiger partial charge in [-0.25, -0.2) is 18.7 Å². The average molecular weight is 669 g/mol. The number of benzene rings is 7. The lowest BCUT2D eigenvalue weighted by atomic mass is 9.92. The van der Waals surface area contributed by atoms with Crippen molar-refractivity contribution in [1.29, 1.82) is 0 Å². The van der Waals surface area contributed by atoms with Crippen LogP contribution in [0.25, 0.3) is 65.9 Å². The highest BCUT2D eigenvalue weighted by Crippen LogP contribution is 2.46. The van der Waals surface area contributed by atoms with E-state index in [1.807, 2.05) is 140 Å². The Morgan fingerprint density at radius 1 is 0.400 bits per heavy atom. The van der Waals surface area contributed by atoms with Crippen LogP contribution < -0.4 is 15.9 Å². The van der Waals surface area contributed by atoms with Gasteiger partial charge in [-0.1, -0.05) is 152 Å². The largest absolute Gasteiger partial charge is 0.309 e. The van der Waals surface area contributed by atoms with Crippen molar-refractivity contribution >= 4 is 66.4 Å². The molecule has 3 nitrogen and oxygen atoms in total. The fourth-order valence-electron chi connectivity index (χ4n) is 7.13. The lowest BCUT2D eigenvalue weighted by molar-refractivity contribution is 0.592. The third-order valence-electron chi connectivity index (χ3n) is 9.44. The molecule has 0 spiro atoms. The summed E-state index contributed by atoms with van der Waals surface area (Å²) in [5, 5.41) is 3.28. The first-order valence-electron chi connectivity index (χ1n) is 16.3. The van der Waals surface area contributed by atoms with Crippen LogP contribution in [0.2, 0.25) is 0 Å². The van der Waals surface area contributed by atoms with Gasteiger partial charge in [0, 0.05) is 59.4 Å². The summed E-state index contributed by atoms with van der Waals surface area (Å²) >= 11 is 0. The molecule has 9 rings (SSSR count). The topological polar surface area (TPSA) is 42.9 Å². The highest BCUT2D eigenvalue weighted by atomic mass is 31.2. The van der Waals surface area contributed by atoms with Gasteiger partial charge < -0.3 is 4.57 Å². The van der Waals surface area contributed by atoms with Gasteiger partial charge in [0.05, 0.1) is 22.4 Å². The molecule has 9 aromatic rings. The summed E-state index contributed by atoms with van der Waals surface area (Å²) in [5.74, 6) is -1.15. The molecule has 0 fully saturated rings. The van der Waals surface area contributed by atoms with Gasteiger partial charge in [-0.05, 0) is 12.1 Å². The van der Waals surface area contributed by atoms with E-state index in [1.165, 1.54) is 0 Å². The Morgan fingerprint density at radius 2 is 0.820 bits per heavy atom. The molecule has 50 heavy (non-hydrogen) atoms. The number of aromatic nitrogens is 2. The number of fused-ring (bicyclic) bond motifs is 6. The van der Waals surface area contributed by atoms with Gasteiger partial charge in [0.15, 0.2) is 7.14 Å². The highest BCUT2D eigenvalue weighted by Gasteiger charge is 2.31. The molecule has 0 atom stereocenters. The average Bonchev–Trinajstić information content (AvgIpc) is 3.19. The van der Waals surface area contributed by atoms with Gasteiger partial charge in [-0.3, -0.25) is 0 Å². The normalized spacial score (nSPS) is 11.9. The van der Waals surface area contributed by atoms with E-state index >= 15 is 13.3 Å². The Hall–Kier alpha value is -6.03. The summed E-state index contributed by atoms with van der Waals surface area (Å²) < 4.78 is 50.6. The van der Waals surface area contributed by atoms with E-state index in [0.29, 0.717) is 60.2 Å². The summed E-state index contributed by atoms with van der Waals surface area (Å²) in [4.78, 5) is 9.96. The molecule has 0 aliphatic rings. The third kappa shape index (κ3) is 4.58. The summed E-state index contributed by atoms with van der Waals surface area (Å²) in [6.07, 6.45) is 0. The van der Waals surface area contributed by atoms with Crippen molar-refractivity contribution < 1.29 is 13.3 Å². The molecule has 0 saturated heterocycles. The summed E-state index contributed by atoms with van der Waals surface area (Å²) in [6, 6.07) is 49.8. The Morgan fingerprint density at radius 3 is 1.34 bits per heavy atom. The van der Waals surface area contributed by atoms with Crippen LogP contribution in [0.5, 0.6) is 0 Å². The zero-order valence-electron chi connectivity index (χ0n) is 26.6. The zero-order chi connectivity index (χ0) is 33.8. The van der Waals surface area contributed by atoms with Gasteiger partial charge in [-0.2, -0.15) is 0 Å². The minimum Gasteiger partial charge on any atom is -0.309 e. The summed E-state index contributed by atoms with van der Waals surface area (Å²) in [7, 11) is -3.38. The maximum absolute atomic E-state index is 17.7. The number of nitrogens with zero attached hydrogens (tertiary/aromatic N) is 2. The minimum absolute atomic E-state index is 0.0890. The minimum atomic E-state index is -3.38. The molecule has 2 heterocycles. The summed E-state index contributed by atoms with van der Waals surface area (Å²) in [5.41, 5.74) is 2.95. The first-order valence-corrected chi connectivity index (χ1v) is 18.0. The molecule has 238 valence electrons. The van der Waals surface area contributed by atoms with Crippen LogP contribution in [0.4, 0.5) is 8.78 Å². The Balaban J connectivity index is 1.45. The van der Waals surface area contributed by atoms with E-state index in [2.05, 4.69) is 0 Å². The maximum Gasteiger partial charge on any atom is 0.171 e. The van der Waals surface area contributed by atoms with Gasteiger partial charge in [0.2, 0.25) is 0 Å². The van der Waals surface area contributed by atoms with Crippen molar-refractivity contribution in [3.05, 3.63) is 175 Å². The second kappa shape index (κ2) is 11.8. The van der Waals surface area contributed by atoms with Crippen LogP contribution >= 0.6 is 7.14 Å². The van der Waals surface area contributed by atoms with Crippen LogP contribution in [0.15, 0.2) is 164 Å². The third-order valence-corrected chi connectivity index (χ3v) is 12.5. The molecule has 7 aromatic carbocycles. The standard InChI is InChI=1S/C44H27F2N2OP/c45-41-37-33-23-13-14-24-35(33)47-43(28-15-5-1-6-16-28)39(37)42(46)38-34-26-25-32(27-36(34)48-44(40(38)41)29-17-7-2-8-18-29)50(49,30-19-9-3-10-20-30)31-21-11-4-12-22-31/h1-27H. The molecule has 0 saturated carbocycles. The second-order valence-electron chi connectivity index (χ2n) is 12.3. The van der Waals surface area contributed by atoms with Crippen LogP contribution in [0.1, 0.15) is 0 Å². The Bertz CT molecular complexity index is 2750. The van der Waals surface area contributed by atoms with Crippen LogP contribution in [0, 0.1) is 11.6 Å². The highest BCUT2D eigenvalue weighted by molar-refractivity contribution is 7.85. The van der Waals surface area contributed by atoms with E-state index < -0.39 is 18.8 Å². The predicted octanol–water partition coefficient (Wildman–Crippen LogP) is 10.3. The van der Waals surface area contributed by atoms with Gasteiger partial charge in [-0.15, -0.1) is 0 Å². The molecule has 0 aliphatic carbocycles. The van der Waals surface area contributed by atoms with Gasteiger partial charge >= 0.3 is 0 Å². The van der Waals surface area contributed by atoms with Crippen LogP contribution in [-0.2, 0) is 4.57 Å². The van der Waals surface area contributed by atoms with Crippen molar-refractivity contribution in [2.45, 2.75) is 0 Å². The smallest absolute Gasteiger partial charge is 0.171 e.